The van der Waals surface area contributed by atoms with Gasteiger partial charge in [-0.05, 0) is 30.5 Å². The van der Waals surface area contributed by atoms with Crippen LogP contribution in [0.25, 0.3) is 0 Å². The van der Waals surface area contributed by atoms with E-state index in [4.69, 9.17) is 4.84 Å². The molecule has 0 aromatic heterocycles. The molecule has 0 heterocycles. The lowest BCUT2D eigenvalue weighted by molar-refractivity contribution is 0.0516. The van der Waals surface area contributed by atoms with E-state index < -0.39 is 5.97 Å². The first-order valence-electron chi connectivity index (χ1n) is 6.26. The van der Waals surface area contributed by atoms with Gasteiger partial charge in [0, 0.05) is 5.56 Å². The Kier molecular flexibility index (Phi) is 3.11. The molecule has 2 aromatic rings. The number of hydrogen-bond donors (Lipinski definition) is 0. The third-order valence-corrected chi connectivity index (χ3v) is 3.21. The third kappa shape index (κ3) is 2.40. The maximum absolute atomic E-state index is 11.8. The number of hydrogen-bond acceptors (Lipinski definition) is 3. The normalized spacial score (nSPS) is 15.3. The van der Waals surface area contributed by atoms with E-state index in [1.54, 1.807) is 24.3 Å². The van der Waals surface area contributed by atoms with E-state index in [1.165, 1.54) is 5.56 Å². The van der Waals surface area contributed by atoms with Crippen LogP contribution < -0.4 is 0 Å². The Morgan fingerprint density at radius 3 is 2.53 bits per heavy atom. The summed E-state index contributed by atoms with van der Waals surface area (Å²) in [5.74, 6) is -0.419. The van der Waals surface area contributed by atoms with Gasteiger partial charge in [-0.3, -0.25) is 0 Å². The quantitative estimate of drug-likeness (QED) is 0.607. The molecule has 0 saturated carbocycles. The number of rotatable bonds is 2. The van der Waals surface area contributed by atoms with Gasteiger partial charge in [-0.1, -0.05) is 47.6 Å². The Morgan fingerprint density at radius 2 is 1.68 bits per heavy atom. The fourth-order valence-corrected chi connectivity index (χ4v) is 2.23. The van der Waals surface area contributed by atoms with E-state index in [1.807, 2.05) is 24.3 Å². The van der Waals surface area contributed by atoms with Crippen LogP contribution in [0, 0.1) is 0 Å². The molecule has 0 spiro atoms. The second-order valence-corrected chi connectivity index (χ2v) is 4.44. The summed E-state index contributed by atoms with van der Waals surface area (Å²) in [6, 6.07) is 17.0. The van der Waals surface area contributed by atoms with Gasteiger partial charge in [-0.25, -0.2) is 4.79 Å². The summed E-state index contributed by atoms with van der Waals surface area (Å²) >= 11 is 0. The largest absolute Gasteiger partial charge is 0.365 e. The summed E-state index contributed by atoms with van der Waals surface area (Å²) < 4.78 is 0. The van der Waals surface area contributed by atoms with Crippen molar-refractivity contribution in [2.24, 2.45) is 5.16 Å². The first kappa shape index (κ1) is 11.7. The van der Waals surface area contributed by atoms with Crippen molar-refractivity contribution in [1.29, 1.82) is 0 Å². The molecule has 1 aliphatic rings. The number of carbonyl (C=O) groups excluding carboxylic acids is 1. The molecule has 3 heteroatoms. The summed E-state index contributed by atoms with van der Waals surface area (Å²) in [4.78, 5) is 16.8. The van der Waals surface area contributed by atoms with Crippen LogP contribution in [0.4, 0.5) is 0 Å². The van der Waals surface area contributed by atoms with E-state index in [0.717, 1.165) is 24.1 Å². The van der Waals surface area contributed by atoms with E-state index in [2.05, 4.69) is 11.2 Å². The van der Waals surface area contributed by atoms with Crippen LogP contribution in [0.2, 0.25) is 0 Å². The zero-order valence-electron chi connectivity index (χ0n) is 10.4. The molecule has 0 amide bonds. The number of oxime groups is 1. The first-order chi connectivity index (χ1) is 9.34. The fraction of sp³-hybridized carbons (Fsp3) is 0.125. The second kappa shape index (κ2) is 5.06. The molecule has 0 aliphatic heterocycles. The topological polar surface area (TPSA) is 38.7 Å². The van der Waals surface area contributed by atoms with E-state index in [-0.39, 0.29) is 0 Å². The van der Waals surface area contributed by atoms with Gasteiger partial charge in [0.15, 0.2) is 0 Å². The number of nitrogens with zero attached hydrogens (tertiary/aromatic N) is 1. The monoisotopic (exact) mass is 251 g/mol. The Morgan fingerprint density at radius 1 is 0.947 bits per heavy atom. The lowest BCUT2D eigenvalue weighted by Gasteiger charge is -2.00. The van der Waals surface area contributed by atoms with Crippen molar-refractivity contribution in [2.75, 3.05) is 0 Å². The van der Waals surface area contributed by atoms with Crippen LogP contribution in [0.15, 0.2) is 59.8 Å². The van der Waals surface area contributed by atoms with Gasteiger partial charge in [0.05, 0.1) is 11.3 Å². The SMILES string of the molecule is O=C(ON=C1CCc2ccccc21)c1ccccc1. The van der Waals surface area contributed by atoms with Gasteiger partial charge in [-0.2, -0.15) is 0 Å². The van der Waals surface area contributed by atoms with Crippen molar-refractivity contribution in [2.45, 2.75) is 12.8 Å². The highest BCUT2D eigenvalue weighted by molar-refractivity contribution is 6.04. The van der Waals surface area contributed by atoms with Gasteiger partial charge in [0.2, 0.25) is 0 Å². The predicted octanol–water partition coefficient (Wildman–Crippen LogP) is 3.19. The van der Waals surface area contributed by atoms with Crippen LogP contribution >= 0.6 is 0 Å². The molecule has 0 unspecified atom stereocenters. The minimum Gasteiger partial charge on any atom is -0.313 e. The van der Waals surface area contributed by atoms with Crippen LogP contribution in [0.3, 0.4) is 0 Å². The second-order valence-electron chi connectivity index (χ2n) is 4.44. The Balaban J connectivity index is 1.77. The van der Waals surface area contributed by atoms with Crippen LogP contribution in [0.1, 0.15) is 27.9 Å². The molecule has 0 N–H and O–H groups in total. The van der Waals surface area contributed by atoms with Crippen molar-refractivity contribution < 1.29 is 9.63 Å². The van der Waals surface area contributed by atoms with Crippen molar-refractivity contribution in [3.05, 3.63) is 71.3 Å². The Bertz CT molecular complexity index is 632. The summed E-state index contributed by atoms with van der Waals surface area (Å²) in [7, 11) is 0. The number of aryl methyl sites for hydroxylation is 1. The highest BCUT2D eigenvalue weighted by Crippen LogP contribution is 2.22. The molecule has 0 saturated heterocycles. The van der Waals surface area contributed by atoms with E-state index >= 15 is 0 Å². The third-order valence-electron chi connectivity index (χ3n) is 3.21. The predicted molar refractivity (Wildman–Crippen MR) is 73.2 cm³/mol. The van der Waals surface area contributed by atoms with Crippen molar-refractivity contribution >= 4 is 11.7 Å². The number of carbonyl (C=O) groups is 1. The van der Waals surface area contributed by atoms with Crippen molar-refractivity contribution in [3.63, 3.8) is 0 Å². The molecule has 0 fully saturated rings. The van der Waals surface area contributed by atoms with Crippen LogP contribution in [-0.4, -0.2) is 11.7 Å². The Hall–Kier alpha value is -2.42. The van der Waals surface area contributed by atoms with Gasteiger partial charge < -0.3 is 4.84 Å². The lowest BCUT2D eigenvalue weighted by atomic mass is 10.1. The summed E-state index contributed by atoms with van der Waals surface area (Å²) in [5, 5.41) is 4.01. The maximum Gasteiger partial charge on any atom is 0.365 e. The summed E-state index contributed by atoms with van der Waals surface area (Å²) in [6.45, 7) is 0. The van der Waals surface area contributed by atoms with Crippen molar-refractivity contribution in [3.8, 4) is 0 Å². The van der Waals surface area contributed by atoms with E-state index in [9.17, 15) is 4.79 Å². The van der Waals surface area contributed by atoms with Gasteiger partial charge >= 0.3 is 5.97 Å². The summed E-state index contributed by atoms with van der Waals surface area (Å²) in [6.07, 6.45) is 1.78. The maximum atomic E-state index is 11.8. The fourth-order valence-electron chi connectivity index (χ4n) is 2.23. The highest BCUT2D eigenvalue weighted by Gasteiger charge is 2.18. The lowest BCUT2D eigenvalue weighted by Crippen LogP contribution is -2.03. The van der Waals surface area contributed by atoms with Crippen molar-refractivity contribution in [1.82, 2.24) is 0 Å². The molecule has 0 bridgehead atoms. The number of benzene rings is 2. The molecule has 0 atom stereocenters. The van der Waals surface area contributed by atoms with Gasteiger partial charge in [-0.15, -0.1) is 0 Å². The molecule has 19 heavy (non-hydrogen) atoms. The molecule has 0 radical (unpaired) electrons. The molecule has 3 rings (SSSR count). The Labute approximate surface area is 111 Å². The molecule has 1 aliphatic carbocycles. The average molecular weight is 251 g/mol. The standard InChI is InChI=1S/C16H13NO2/c18-16(13-7-2-1-3-8-13)19-17-15-11-10-12-6-4-5-9-14(12)15/h1-9H,10-11H2. The molecular formula is C16H13NO2. The molecule has 2 aromatic carbocycles. The minimum absolute atomic E-state index is 0.419. The van der Waals surface area contributed by atoms with Gasteiger partial charge in [0.1, 0.15) is 0 Å². The zero-order valence-corrected chi connectivity index (χ0v) is 10.4. The van der Waals surface area contributed by atoms with Crippen LogP contribution in [0.5, 0.6) is 0 Å². The minimum atomic E-state index is -0.419. The highest BCUT2D eigenvalue weighted by atomic mass is 16.7. The average Bonchev–Trinajstić information content (AvgIpc) is 2.89. The first-order valence-corrected chi connectivity index (χ1v) is 6.26. The van der Waals surface area contributed by atoms with Crippen LogP contribution in [-0.2, 0) is 11.3 Å². The summed E-state index contributed by atoms with van der Waals surface area (Å²) in [5.41, 5.74) is 3.71. The smallest absolute Gasteiger partial charge is 0.313 e. The molecule has 3 nitrogen and oxygen atoms in total. The number of fused-ring (bicyclic) bond motifs is 1. The molecule has 94 valence electrons. The zero-order chi connectivity index (χ0) is 13.1. The van der Waals surface area contributed by atoms with E-state index in [0.29, 0.717) is 5.56 Å². The van der Waals surface area contributed by atoms with Gasteiger partial charge in [0.25, 0.3) is 0 Å². The molecular weight excluding hydrogens is 238 g/mol.